The van der Waals surface area contributed by atoms with E-state index in [1.165, 1.54) is 11.8 Å². The van der Waals surface area contributed by atoms with Crippen LogP contribution in [-0.4, -0.2) is 61.0 Å². The second-order valence-corrected chi connectivity index (χ2v) is 10.4. The van der Waals surface area contributed by atoms with Gasteiger partial charge in [-0.2, -0.15) is 13.2 Å². The number of hydrogen-bond acceptors (Lipinski definition) is 4. The third-order valence-corrected chi connectivity index (χ3v) is 6.76. The summed E-state index contributed by atoms with van der Waals surface area (Å²) >= 11 is 0. The van der Waals surface area contributed by atoms with Crippen LogP contribution < -0.4 is 0 Å². The van der Waals surface area contributed by atoms with Crippen LogP contribution in [-0.2, 0) is 24.4 Å². The van der Waals surface area contributed by atoms with Crippen LogP contribution in [0.15, 0.2) is 18.2 Å². The Bertz CT molecular complexity index is 1140. The van der Waals surface area contributed by atoms with Gasteiger partial charge in [-0.25, -0.2) is 18.6 Å². The highest BCUT2D eigenvalue weighted by Crippen LogP contribution is 2.40. The van der Waals surface area contributed by atoms with Crippen molar-refractivity contribution in [3.63, 3.8) is 0 Å². The molecule has 2 aliphatic heterocycles. The molecule has 4 rings (SSSR count). The minimum Gasteiger partial charge on any atom is -0.465 e. The number of imidazole rings is 1. The van der Waals surface area contributed by atoms with Gasteiger partial charge < -0.3 is 14.4 Å². The predicted molar refractivity (Wildman–Crippen MR) is 119 cm³/mol. The molecule has 12 heteroatoms. The lowest BCUT2D eigenvalue weighted by atomic mass is 9.88. The Morgan fingerprint density at radius 2 is 1.92 bits per heavy atom. The molecule has 0 spiro atoms. The summed E-state index contributed by atoms with van der Waals surface area (Å²) in [7, 11) is 0. The topological polar surface area (TPSA) is 70.8 Å². The highest BCUT2D eigenvalue weighted by Gasteiger charge is 2.46. The van der Waals surface area contributed by atoms with E-state index in [0.717, 1.165) is 22.8 Å². The minimum atomic E-state index is -4.40. The average molecular weight is 517 g/mol. The van der Waals surface area contributed by atoms with Crippen LogP contribution in [0, 0.1) is 18.6 Å². The fraction of sp³-hybridized carbons (Fsp3) is 0.583. The molecular formula is C24H29F5N4O3. The van der Waals surface area contributed by atoms with Crippen molar-refractivity contribution in [1.82, 2.24) is 19.4 Å². The number of ether oxygens (including phenoxy) is 1. The lowest BCUT2D eigenvalue weighted by molar-refractivity contribution is -0.141. The zero-order valence-electron chi connectivity index (χ0n) is 20.4. The molecule has 0 unspecified atom stereocenters. The van der Waals surface area contributed by atoms with Crippen LogP contribution in [0.4, 0.5) is 26.7 Å². The number of benzene rings is 1. The number of fused-ring (bicyclic) bond motifs is 1. The molecule has 1 N–H and O–H groups in total. The summed E-state index contributed by atoms with van der Waals surface area (Å²) < 4.78 is 75.2. The third kappa shape index (κ3) is 5.19. The quantitative estimate of drug-likeness (QED) is 0.578. The van der Waals surface area contributed by atoms with Crippen LogP contribution in [0.2, 0.25) is 0 Å². The Labute approximate surface area is 205 Å². The zero-order valence-corrected chi connectivity index (χ0v) is 20.4. The van der Waals surface area contributed by atoms with Gasteiger partial charge in [-0.3, -0.25) is 9.80 Å². The summed E-state index contributed by atoms with van der Waals surface area (Å²) in [6, 6.07) is 1.72. The summed E-state index contributed by atoms with van der Waals surface area (Å²) in [5, 5.41) is 10.1. The molecule has 1 fully saturated rings. The van der Waals surface area contributed by atoms with Crippen LogP contribution in [0.3, 0.4) is 0 Å². The summed E-state index contributed by atoms with van der Waals surface area (Å²) in [6.45, 7) is 6.01. The summed E-state index contributed by atoms with van der Waals surface area (Å²) in [5.74, 6) is -1.11. The van der Waals surface area contributed by atoms with E-state index < -0.39 is 48.1 Å². The Morgan fingerprint density at radius 3 is 2.53 bits per heavy atom. The maximum atomic E-state index is 14.7. The highest BCUT2D eigenvalue weighted by molar-refractivity contribution is 5.66. The molecule has 1 saturated heterocycles. The molecule has 7 nitrogen and oxygen atoms in total. The summed E-state index contributed by atoms with van der Waals surface area (Å²) in [5.41, 5.74) is 0.0374. The summed E-state index contributed by atoms with van der Waals surface area (Å²) in [4.78, 5) is 19.7. The second-order valence-electron chi connectivity index (χ2n) is 10.4. The van der Waals surface area contributed by atoms with Crippen molar-refractivity contribution >= 4 is 6.09 Å². The number of amides is 1. The van der Waals surface area contributed by atoms with E-state index in [2.05, 4.69) is 4.98 Å². The number of carboxylic acid groups (broad SMARTS) is 1. The molecule has 36 heavy (non-hydrogen) atoms. The molecule has 0 bridgehead atoms. The van der Waals surface area contributed by atoms with Crippen LogP contribution in [0.25, 0.3) is 0 Å². The number of aryl methyl sites for hydroxylation is 1. The highest BCUT2D eigenvalue weighted by atomic mass is 19.4. The van der Waals surface area contributed by atoms with Crippen LogP contribution >= 0.6 is 0 Å². The van der Waals surface area contributed by atoms with Crippen molar-refractivity contribution in [1.29, 1.82) is 0 Å². The number of alkyl halides is 3. The smallest absolute Gasteiger partial charge is 0.408 e. The molecule has 0 radical (unpaired) electrons. The molecule has 1 amide bonds. The molecule has 3 heterocycles. The Hall–Kier alpha value is -2.73. The molecule has 0 saturated carbocycles. The molecule has 198 valence electrons. The second kappa shape index (κ2) is 9.29. The summed E-state index contributed by atoms with van der Waals surface area (Å²) in [6.07, 6.45) is -6.48. The molecule has 3 atom stereocenters. The van der Waals surface area contributed by atoms with E-state index in [4.69, 9.17) is 4.74 Å². The first kappa shape index (κ1) is 26.3. The van der Waals surface area contributed by atoms with E-state index >= 15 is 0 Å². The monoisotopic (exact) mass is 516 g/mol. The Kier molecular flexibility index (Phi) is 6.80. The number of nitrogens with zero attached hydrogens (tertiary/aromatic N) is 4. The van der Waals surface area contributed by atoms with E-state index in [-0.39, 0.29) is 43.5 Å². The number of aromatic nitrogens is 2. The predicted octanol–water partition coefficient (Wildman–Crippen LogP) is 5.02. The first-order chi connectivity index (χ1) is 16.7. The van der Waals surface area contributed by atoms with Crippen molar-refractivity contribution in [3.8, 4) is 0 Å². The third-order valence-electron chi connectivity index (χ3n) is 6.76. The molecule has 1 aromatic heterocycles. The lowest BCUT2D eigenvalue weighted by Gasteiger charge is -2.48. The van der Waals surface area contributed by atoms with E-state index in [9.17, 15) is 31.9 Å². The maximum absolute atomic E-state index is 14.7. The van der Waals surface area contributed by atoms with Gasteiger partial charge >= 0.3 is 12.3 Å². The van der Waals surface area contributed by atoms with E-state index in [1.54, 1.807) is 20.8 Å². The number of halogens is 5. The van der Waals surface area contributed by atoms with E-state index in [1.807, 2.05) is 4.90 Å². The van der Waals surface area contributed by atoms with Gasteiger partial charge in [0.1, 0.15) is 30.1 Å². The van der Waals surface area contributed by atoms with Crippen molar-refractivity contribution in [2.24, 2.45) is 0 Å². The van der Waals surface area contributed by atoms with Gasteiger partial charge in [-0.15, -0.1) is 0 Å². The molecule has 2 aromatic rings. The SMILES string of the molecule is Cc1nc2c(n1CC(F)(F)F)CN([C@H]1CO[C@H](c3cc(F)ccc3F)[C@@H](N(C(=O)O)C(C)(C)C)C1)C2. The number of carbonyl (C=O) groups is 1. The first-order valence-electron chi connectivity index (χ1n) is 11.6. The maximum Gasteiger partial charge on any atom is 0.408 e. The van der Waals surface area contributed by atoms with Crippen molar-refractivity contribution in [3.05, 3.63) is 52.6 Å². The van der Waals surface area contributed by atoms with Crippen molar-refractivity contribution < 1.29 is 36.6 Å². The van der Waals surface area contributed by atoms with Gasteiger partial charge in [0, 0.05) is 30.2 Å². The Balaban J connectivity index is 1.63. The minimum absolute atomic E-state index is 0.0667. The van der Waals surface area contributed by atoms with Gasteiger partial charge in [0.15, 0.2) is 0 Å². The van der Waals surface area contributed by atoms with Crippen molar-refractivity contribution in [2.45, 2.75) is 83.7 Å². The zero-order chi connectivity index (χ0) is 26.6. The standard InChI is InChI=1S/C24H29F5N4O3/c1-13-30-18-9-31(10-20(18)32(13)12-24(27,28)29)15-8-19(33(22(34)35)23(2,3)4)21(36-11-15)16-7-14(25)5-6-17(16)26/h5-7,15,19,21H,8-12H2,1-4H3,(H,34,35)/t15-,19+,21-/m1/s1. The van der Waals surface area contributed by atoms with Gasteiger partial charge in [-0.05, 0) is 52.3 Å². The average Bonchev–Trinajstić information content (AvgIpc) is 3.26. The fourth-order valence-electron chi connectivity index (χ4n) is 5.31. The normalized spacial score (nSPS) is 23.1. The number of hydrogen-bond donors (Lipinski definition) is 1. The van der Waals surface area contributed by atoms with Gasteiger partial charge in [0.25, 0.3) is 0 Å². The number of rotatable bonds is 4. The fourth-order valence-corrected chi connectivity index (χ4v) is 5.31. The van der Waals surface area contributed by atoms with Crippen LogP contribution in [0.1, 0.15) is 56.1 Å². The molecule has 2 aliphatic rings. The molecular weight excluding hydrogens is 487 g/mol. The van der Waals surface area contributed by atoms with Crippen molar-refractivity contribution in [2.75, 3.05) is 6.61 Å². The lowest BCUT2D eigenvalue weighted by Crippen LogP contribution is -2.58. The van der Waals surface area contributed by atoms with Crippen LogP contribution in [0.5, 0.6) is 0 Å². The largest absolute Gasteiger partial charge is 0.465 e. The Morgan fingerprint density at radius 1 is 1.22 bits per heavy atom. The van der Waals surface area contributed by atoms with Gasteiger partial charge in [0.05, 0.1) is 24.0 Å². The van der Waals surface area contributed by atoms with Gasteiger partial charge in [0.2, 0.25) is 0 Å². The molecule has 0 aliphatic carbocycles. The van der Waals surface area contributed by atoms with E-state index in [0.29, 0.717) is 11.4 Å². The molecule has 1 aromatic carbocycles. The first-order valence-corrected chi connectivity index (χ1v) is 11.6. The van der Waals surface area contributed by atoms with Gasteiger partial charge in [-0.1, -0.05) is 0 Å².